The molecule has 0 aliphatic rings. The quantitative estimate of drug-likeness (QED) is 0.612. The molecule has 17 heavy (non-hydrogen) atoms. The van der Waals surface area contributed by atoms with E-state index >= 15 is 0 Å². The standard InChI is InChI=1S/C12H14Cl2FNO/c13-7-3-1-2-4-12(17)16-9-5-6-11(15)10(14)8-9/h5-6,8H,1-4,7H2,(H,16,17). The van der Waals surface area contributed by atoms with E-state index in [-0.39, 0.29) is 10.9 Å². The first-order chi connectivity index (χ1) is 8.13. The highest BCUT2D eigenvalue weighted by Gasteiger charge is 2.04. The summed E-state index contributed by atoms with van der Waals surface area (Å²) in [6.07, 6.45) is 3.08. The van der Waals surface area contributed by atoms with Crippen molar-refractivity contribution in [3.63, 3.8) is 0 Å². The Balaban J connectivity index is 2.37. The summed E-state index contributed by atoms with van der Waals surface area (Å²) in [5, 5.41) is 2.67. The monoisotopic (exact) mass is 277 g/mol. The van der Waals surface area contributed by atoms with Crippen molar-refractivity contribution in [1.29, 1.82) is 0 Å². The minimum absolute atomic E-state index is 0.00457. The fourth-order valence-corrected chi connectivity index (χ4v) is 1.72. The SMILES string of the molecule is O=C(CCCCCCl)Nc1ccc(F)c(Cl)c1. The number of hydrogen-bond donors (Lipinski definition) is 1. The van der Waals surface area contributed by atoms with Gasteiger partial charge in [0.2, 0.25) is 5.91 Å². The molecular formula is C12H14Cl2FNO. The Morgan fingerprint density at radius 2 is 2.06 bits per heavy atom. The summed E-state index contributed by atoms with van der Waals surface area (Å²) in [5.74, 6) is 0.0314. The van der Waals surface area contributed by atoms with E-state index in [0.29, 0.717) is 18.0 Å². The summed E-state index contributed by atoms with van der Waals surface area (Å²) >= 11 is 11.1. The zero-order chi connectivity index (χ0) is 12.7. The Kier molecular flexibility index (Phi) is 6.30. The van der Waals surface area contributed by atoms with Crippen LogP contribution >= 0.6 is 23.2 Å². The van der Waals surface area contributed by atoms with Gasteiger partial charge in [-0.3, -0.25) is 4.79 Å². The Morgan fingerprint density at radius 1 is 1.29 bits per heavy atom. The van der Waals surface area contributed by atoms with Crippen LogP contribution in [-0.2, 0) is 4.79 Å². The molecule has 0 aromatic heterocycles. The molecule has 1 aromatic carbocycles. The van der Waals surface area contributed by atoms with Gasteiger partial charge >= 0.3 is 0 Å². The number of carbonyl (C=O) groups is 1. The topological polar surface area (TPSA) is 29.1 Å². The zero-order valence-corrected chi connectivity index (χ0v) is 10.8. The average molecular weight is 278 g/mol. The van der Waals surface area contributed by atoms with Gasteiger partial charge in [0.15, 0.2) is 0 Å². The molecule has 0 saturated carbocycles. The van der Waals surface area contributed by atoms with Gasteiger partial charge in [0.1, 0.15) is 5.82 Å². The largest absolute Gasteiger partial charge is 0.326 e. The molecule has 0 saturated heterocycles. The van der Waals surface area contributed by atoms with Gasteiger partial charge in [-0.05, 0) is 31.0 Å². The van der Waals surface area contributed by atoms with E-state index in [1.807, 2.05) is 0 Å². The molecule has 1 amide bonds. The maximum absolute atomic E-state index is 12.9. The number of unbranched alkanes of at least 4 members (excludes halogenated alkanes) is 2. The molecule has 1 rings (SSSR count). The third-order valence-corrected chi connectivity index (χ3v) is 2.80. The van der Waals surface area contributed by atoms with Crippen LogP contribution in [0.25, 0.3) is 0 Å². The van der Waals surface area contributed by atoms with Crippen LogP contribution in [-0.4, -0.2) is 11.8 Å². The number of alkyl halides is 1. The highest BCUT2D eigenvalue weighted by Crippen LogP contribution is 2.19. The van der Waals surface area contributed by atoms with Crippen molar-refractivity contribution in [1.82, 2.24) is 0 Å². The third kappa shape index (κ3) is 5.37. The van der Waals surface area contributed by atoms with Crippen molar-refractivity contribution >= 4 is 34.8 Å². The van der Waals surface area contributed by atoms with Crippen LogP contribution in [0, 0.1) is 5.82 Å². The van der Waals surface area contributed by atoms with Crippen molar-refractivity contribution in [2.45, 2.75) is 25.7 Å². The van der Waals surface area contributed by atoms with Gasteiger partial charge in [0.25, 0.3) is 0 Å². The van der Waals surface area contributed by atoms with Gasteiger partial charge in [-0.25, -0.2) is 4.39 Å². The number of amides is 1. The minimum atomic E-state index is -0.494. The number of anilines is 1. The van der Waals surface area contributed by atoms with E-state index in [2.05, 4.69) is 5.32 Å². The normalized spacial score (nSPS) is 10.3. The first kappa shape index (κ1) is 14.3. The molecule has 0 spiro atoms. The van der Waals surface area contributed by atoms with Crippen LogP contribution in [0.5, 0.6) is 0 Å². The first-order valence-electron chi connectivity index (χ1n) is 5.44. The molecule has 0 fully saturated rings. The van der Waals surface area contributed by atoms with Crippen molar-refractivity contribution < 1.29 is 9.18 Å². The highest BCUT2D eigenvalue weighted by atomic mass is 35.5. The van der Waals surface area contributed by atoms with Crippen molar-refractivity contribution in [2.75, 3.05) is 11.2 Å². The summed E-state index contributed by atoms with van der Waals surface area (Å²) in [6.45, 7) is 0. The molecule has 1 aromatic rings. The van der Waals surface area contributed by atoms with Crippen LogP contribution in [0.3, 0.4) is 0 Å². The lowest BCUT2D eigenvalue weighted by Gasteiger charge is -2.05. The molecule has 1 N–H and O–H groups in total. The predicted molar refractivity (Wildman–Crippen MR) is 69.2 cm³/mol. The Bertz CT molecular complexity index is 385. The van der Waals surface area contributed by atoms with Crippen LogP contribution in [0.1, 0.15) is 25.7 Å². The molecule has 2 nitrogen and oxygen atoms in total. The molecule has 94 valence electrons. The number of hydrogen-bond acceptors (Lipinski definition) is 1. The second-order valence-corrected chi connectivity index (χ2v) is 4.46. The van der Waals surface area contributed by atoms with E-state index in [4.69, 9.17) is 23.2 Å². The smallest absolute Gasteiger partial charge is 0.224 e. The summed E-state index contributed by atoms with van der Waals surface area (Å²) in [7, 11) is 0. The van der Waals surface area contributed by atoms with Crippen LogP contribution in [0.15, 0.2) is 18.2 Å². The molecule has 0 unspecified atom stereocenters. The number of halogens is 3. The molecule has 0 aliphatic carbocycles. The van der Waals surface area contributed by atoms with E-state index in [0.717, 1.165) is 19.3 Å². The van der Waals surface area contributed by atoms with E-state index < -0.39 is 5.82 Å². The number of nitrogens with one attached hydrogen (secondary N) is 1. The second kappa shape index (κ2) is 7.51. The fraction of sp³-hybridized carbons (Fsp3) is 0.417. The Hall–Kier alpha value is -0.800. The zero-order valence-electron chi connectivity index (χ0n) is 9.31. The van der Waals surface area contributed by atoms with E-state index in [1.54, 1.807) is 0 Å². The Labute approximate surface area is 110 Å². The highest BCUT2D eigenvalue weighted by molar-refractivity contribution is 6.31. The summed E-state index contributed by atoms with van der Waals surface area (Å²) < 4.78 is 12.9. The lowest BCUT2D eigenvalue weighted by atomic mass is 10.2. The van der Waals surface area contributed by atoms with Crippen LogP contribution in [0.4, 0.5) is 10.1 Å². The summed E-state index contributed by atoms with van der Waals surface area (Å²) in [5.41, 5.74) is 0.513. The van der Waals surface area contributed by atoms with Gasteiger partial charge in [0, 0.05) is 18.0 Å². The van der Waals surface area contributed by atoms with Crippen molar-refractivity contribution in [3.8, 4) is 0 Å². The molecule has 0 atom stereocenters. The first-order valence-corrected chi connectivity index (χ1v) is 6.35. The minimum Gasteiger partial charge on any atom is -0.326 e. The molecular weight excluding hydrogens is 264 g/mol. The summed E-state index contributed by atoms with van der Waals surface area (Å²) in [4.78, 5) is 11.5. The maximum Gasteiger partial charge on any atom is 0.224 e. The van der Waals surface area contributed by atoms with Crippen LogP contribution < -0.4 is 5.32 Å². The maximum atomic E-state index is 12.9. The average Bonchev–Trinajstić information content (AvgIpc) is 2.30. The van der Waals surface area contributed by atoms with Gasteiger partial charge in [0.05, 0.1) is 5.02 Å². The van der Waals surface area contributed by atoms with Crippen LogP contribution in [0.2, 0.25) is 5.02 Å². The predicted octanol–water partition coefficient (Wildman–Crippen LogP) is 4.22. The fourth-order valence-electron chi connectivity index (χ4n) is 1.35. The molecule has 0 heterocycles. The molecule has 0 aliphatic heterocycles. The molecule has 0 radical (unpaired) electrons. The Morgan fingerprint density at radius 3 is 2.71 bits per heavy atom. The van der Waals surface area contributed by atoms with Gasteiger partial charge < -0.3 is 5.32 Å². The lowest BCUT2D eigenvalue weighted by molar-refractivity contribution is -0.116. The van der Waals surface area contributed by atoms with E-state index in [9.17, 15) is 9.18 Å². The van der Waals surface area contributed by atoms with Gasteiger partial charge in [-0.15, -0.1) is 11.6 Å². The van der Waals surface area contributed by atoms with Crippen molar-refractivity contribution in [3.05, 3.63) is 29.0 Å². The molecule has 0 bridgehead atoms. The third-order valence-electron chi connectivity index (χ3n) is 2.24. The number of carbonyl (C=O) groups excluding carboxylic acids is 1. The van der Waals surface area contributed by atoms with Gasteiger partial charge in [-0.1, -0.05) is 18.0 Å². The summed E-state index contributed by atoms with van der Waals surface area (Å²) in [6, 6.07) is 4.11. The van der Waals surface area contributed by atoms with Crippen molar-refractivity contribution in [2.24, 2.45) is 0 Å². The number of rotatable bonds is 6. The lowest BCUT2D eigenvalue weighted by Crippen LogP contribution is -2.11. The van der Waals surface area contributed by atoms with Gasteiger partial charge in [-0.2, -0.15) is 0 Å². The number of benzene rings is 1. The second-order valence-electron chi connectivity index (χ2n) is 3.68. The van der Waals surface area contributed by atoms with E-state index in [1.165, 1.54) is 18.2 Å². The molecule has 5 heteroatoms.